The molecular formula is C13H18F3N3O4. The number of nitriles is 1. The molecule has 0 spiro atoms. The molecule has 0 bridgehead atoms. The van der Waals surface area contributed by atoms with Crippen molar-refractivity contribution in [1.82, 2.24) is 10.2 Å². The Balaban J connectivity index is 0.000000322. The zero-order chi connectivity index (χ0) is 17.6. The molecule has 2 aliphatic heterocycles. The highest BCUT2D eigenvalue weighted by molar-refractivity contribution is 5.83. The fourth-order valence-corrected chi connectivity index (χ4v) is 2.52. The lowest BCUT2D eigenvalue weighted by Crippen LogP contribution is -2.47. The third kappa shape index (κ3) is 5.37. The molecule has 2 heterocycles. The van der Waals surface area contributed by atoms with Gasteiger partial charge in [0.05, 0.1) is 18.7 Å². The van der Waals surface area contributed by atoms with Crippen LogP contribution in [-0.2, 0) is 9.59 Å². The number of hydrogen-bond donors (Lipinski definition) is 3. The van der Waals surface area contributed by atoms with Gasteiger partial charge in [-0.15, -0.1) is 0 Å². The minimum Gasteiger partial charge on any atom is -0.475 e. The summed E-state index contributed by atoms with van der Waals surface area (Å²) in [7, 11) is 0. The Hall–Kier alpha value is -1.86. The van der Waals surface area contributed by atoms with Gasteiger partial charge in [-0.25, -0.2) is 4.79 Å². The minimum absolute atomic E-state index is 0.0278. The lowest BCUT2D eigenvalue weighted by Gasteiger charge is -2.23. The minimum atomic E-state index is -5.08. The van der Waals surface area contributed by atoms with Crippen LogP contribution in [0.1, 0.15) is 25.7 Å². The fourth-order valence-electron chi connectivity index (χ4n) is 2.52. The summed E-state index contributed by atoms with van der Waals surface area (Å²) < 4.78 is 31.7. The van der Waals surface area contributed by atoms with E-state index in [1.54, 1.807) is 4.90 Å². The van der Waals surface area contributed by atoms with E-state index in [1.807, 2.05) is 0 Å². The number of halogens is 3. The molecule has 2 saturated heterocycles. The van der Waals surface area contributed by atoms with E-state index >= 15 is 0 Å². The van der Waals surface area contributed by atoms with Crippen LogP contribution in [-0.4, -0.2) is 64.4 Å². The van der Waals surface area contributed by atoms with E-state index in [2.05, 4.69) is 11.4 Å². The number of amides is 1. The Morgan fingerprint density at radius 3 is 2.35 bits per heavy atom. The van der Waals surface area contributed by atoms with E-state index in [-0.39, 0.29) is 30.6 Å². The summed E-state index contributed by atoms with van der Waals surface area (Å²) in [5, 5.41) is 28.1. The van der Waals surface area contributed by atoms with Crippen LogP contribution < -0.4 is 5.32 Å². The maximum absolute atomic E-state index is 12.1. The highest BCUT2D eigenvalue weighted by Gasteiger charge is 2.38. The molecule has 23 heavy (non-hydrogen) atoms. The monoisotopic (exact) mass is 337 g/mol. The van der Waals surface area contributed by atoms with E-state index in [1.165, 1.54) is 0 Å². The number of hydrogen-bond acceptors (Lipinski definition) is 5. The number of nitrogens with zero attached hydrogens (tertiary/aromatic N) is 2. The summed E-state index contributed by atoms with van der Waals surface area (Å²) in [4.78, 5) is 22.7. The SMILES string of the molecule is N#C[C@@H]1CCCN1C(=O)[C@@H]1CC[C@@H](CO)N1.O=C(O)C(F)(F)F. The Bertz CT molecular complexity index is 478. The molecule has 130 valence electrons. The van der Waals surface area contributed by atoms with E-state index in [0.717, 1.165) is 25.7 Å². The Morgan fingerprint density at radius 1 is 1.30 bits per heavy atom. The van der Waals surface area contributed by atoms with Crippen LogP contribution in [0.2, 0.25) is 0 Å². The molecule has 3 atom stereocenters. The largest absolute Gasteiger partial charge is 0.490 e. The first kappa shape index (κ1) is 19.2. The van der Waals surface area contributed by atoms with Crippen molar-refractivity contribution < 1.29 is 33.0 Å². The van der Waals surface area contributed by atoms with Crippen molar-refractivity contribution in [2.75, 3.05) is 13.2 Å². The summed E-state index contributed by atoms with van der Waals surface area (Å²) in [5.41, 5.74) is 0. The van der Waals surface area contributed by atoms with E-state index in [0.29, 0.717) is 6.54 Å². The summed E-state index contributed by atoms with van der Waals surface area (Å²) in [6.45, 7) is 0.768. The van der Waals surface area contributed by atoms with Crippen LogP contribution in [0.5, 0.6) is 0 Å². The summed E-state index contributed by atoms with van der Waals surface area (Å²) in [6, 6.07) is 1.76. The highest BCUT2D eigenvalue weighted by atomic mass is 19.4. The van der Waals surface area contributed by atoms with Crippen molar-refractivity contribution in [1.29, 1.82) is 5.26 Å². The molecule has 0 aromatic heterocycles. The van der Waals surface area contributed by atoms with Gasteiger partial charge >= 0.3 is 12.1 Å². The van der Waals surface area contributed by atoms with Crippen molar-refractivity contribution in [2.24, 2.45) is 0 Å². The molecule has 2 aliphatic rings. The number of aliphatic hydroxyl groups excluding tert-OH is 1. The van der Waals surface area contributed by atoms with Crippen LogP contribution in [0.15, 0.2) is 0 Å². The molecule has 0 radical (unpaired) electrons. The van der Waals surface area contributed by atoms with Crippen molar-refractivity contribution in [3.63, 3.8) is 0 Å². The van der Waals surface area contributed by atoms with Crippen molar-refractivity contribution >= 4 is 11.9 Å². The molecule has 0 aromatic rings. The Labute approximate surface area is 130 Å². The predicted molar refractivity (Wildman–Crippen MR) is 71.1 cm³/mol. The zero-order valence-corrected chi connectivity index (χ0v) is 12.2. The Kier molecular flexibility index (Phi) is 6.78. The number of alkyl halides is 3. The topological polar surface area (TPSA) is 114 Å². The summed E-state index contributed by atoms with van der Waals surface area (Å²) in [5.74, 6) is -2.73. The number of carboxylic acid groups (broad SMARTS) is 1. The number of nitrogens with one attached hydrogen (secondary N) is 1. The van der Waals surface area contributed by atoms with Gasteiger partial charge in [0.1, 0.15) is 6.04 Å². The molecule has 3 N–H and O–H groups in total. The van der Waals surface area contributed by atoms with Crippen molar-refractivity contribution in [3.8, 4) is 6.07 Å². The van der Waals surface area contributed by atoms with Crippen LogP contribution in [0.25, 0.3) is 0 Å². The Morgan fingerprint density at radius 2 is 1.91 bits per heavy atom. The van der Waals surface area contributed by atoms with Gasteiger partial charge in [-0.2, -0.15) is 18.4 Å². The third-order valence-corrected chi connectivity index (χ3v) is 3.69. The lowest BCUT2D eigenvalue weighted by molar-refractivity contribution is -0.192. The van der Waals surface area contributed by atoms with Gasteiger partial charge in [-0.1, -0.05) is 0 Å². The third-order valence-electron chi connectivity index (χ3n) is 3.69. The fraction of sp³-hybridized carbons (Fsp3) is 0.769. The molecule has 1 amide bonds. The first-order valence-corrected chi connectivity index (χ1v) is 7.07. The second-order valence-corrected chi connectivity index (χ2v) is 5.30. The predicted octanol–water partition coefficient (Wildman–Crippen LogP) is 0.247. The number of carbonyl (C=O) groups is 2. The average molecular weight is 337 g/mol. The number of carbonyl (C=O) groups excluding carboxylic acids is 1. The number of likely N-dealkylation sites (tertiary alicyclic amines) is 1. The van der Waals surface area contributed by atoms with Gasteiger partial charge in [0.25, 0.3) is 0 Å². The number of carboxylic acids is 1. The summed E-state index contributed by atoms with van der Waals surface area (Å²) >= 11 is 0. The maximum Gasteiger partial charge on any atom is 0.490 e. The molecule has 2 fully saturated rings. The smallest absolute Gasteiger partial charge is 0.475 e. The zero-order valence-electron chi connectivity index (χ0n) is 12.2. The van der Waals surface area contributed by atoms with Gasteiger partial charge in [0.2, 0.25) is 5.91 Å². The van der Waals surface area contributed by atoms with Crippen molar-refractivity contribution in [3.05, 3.63) is 0 Å². The van der Waals surface area contributed by atoms with Crippen LogP contribution in [0.3, 0.4) is 0 Å². The van der Waals surface area contributed by atoms with Gasteiger partial charge in [-0.05, 0) is 25.7 Å². The molecule has 10 heteroatoms. The van der Waals surface area contributed by atoms with Gasteiger partial charge in [0.15, 0.2) is 0 Å². The highest BCUT2D eigenvalue weighted by Crippen LogP contribution is 2.21. The van der Waals surface area contributed by atoms with Crippen molar-refractivity contribution in [2.45, 2.75) is 50.0 Å². The molecule has 0 aromatic carbocycles. The molecule has 7 nitrogen and oxygen atoms in total. The normalized spacial score (nSPS) is 27.1. The first-order chi connectivity index (χ1) is 10.7. The lowest BCUT2D eigenvalue weighted by atomic mass is 10.1. The first-order valence-electron chi connectivity index (χ1n) is 7.07. The van der Waals surface area contributed by atoms with Crippen LogP contribution >= 0.6 is 0 Å². The van der Waals surface area contributed by atoms with E-state index < -0.39 is 12.1 Å². The summed E-state index contributed by atoms with van der Waals surface area (Å²) in [6.07, 6.45) is -1.78. The molecule has 0 unspecified atom stereocenters. The quantitative estimate of drug-likeness (QED) is 0.665. The number of aliphatic carboxylic acids is 1. The van der Waals surface area contributed by atoms with Gasteiger partial charge < -0.3 is 20.4 Å². The molecule has 0 aliphatic carbocycles. The number of aliphatic hydroxyl groups is 1. The second kappa shape index (κ2) is 8.12. The molecule has 2 rings (SSSR count). The molecule has 0 saturated carbocycles. The van der Waals surface area contributed by atoms with Crippen LogP contribution in [0.4, 0.5) is 13.2 Å². The van der Waals surface area contributed by atoms with Gasteiger partial charge in [0, 0.05) is 12.6 Å². The van der Waals surface area contributed by atoms with Crippen LogP contribution in [0, 0.1) is 11.3 Å². The average Bonchev–Trinajstić information content (AvgIpc) is 3.14. The van der Waals surface area contributed by atoms with Gasteiger partial charge in [-0.3, -0.25) is 4.79 Å². The number of rotatable bonds is 2. The standard InChI is InChI=1S/C11H17N3O2.C2HF3O2/c12-6-9-2-1-5-14(9)11(16)10-4-3-8(7-15)13-10;3-2(4,5)1(6)7/h8-10,13,15H,1-5,7H2;(H,6,7)/t8-,9-,10-;/m0./s1. The van der Waals surface area contributed by atoms with E-state index in [4.69, 9.17) is 20.3 Å². The second-order valence-electron chi connectivity index (χ2n) is 5.30. The van der Waals surface area contributed by atoms with E-state index in [9.17, 15) is 18.0 Å². The molecular weight excluding hydrogens is 319 g/mol. The maximum atomic E-state index is 12.1.